The molecule has 4 atom stereocenters. The Balaban J connectivity index is 1.52. The van der Waals surface area contributed by atoms with Crippen LogP contribution in [-0.4, -0.2) is 15.8 Å². The molecule has 4 unspecified atom stereocenters. The smallest absolute Gasteiger partial charge is 0.0762 e. The number of nitrogens with zero attached hydrogens (tertiary/aromatic N) is 2. The highest BCUT2D eigenvalue weighted by molar-refractivity contribution is 4.99. The first-order valence-corrected chi connectivity index (χ1v) is 6.94. The van der Waals surface area contributed by atoms with Crippen molar-refractivity contribution in [3.63, 3.8) is 0 Å². The van der Waals surface area contributed by atoms with Gasteiger partial charge in [0, 0.05) is 25.8 Å². The van der Waals surface area contributed by atoms with Gasteiger partial charge in [-0.05, 0) is 50.0 Å². The van der Waals surface area contributed by atoms with Gasteiger partial charge in [-0.25, -0.2) is 0 Å². The molecule has 2 aliphatic carbocycles. The SMILES string of the molecule is CC(NCc1ccn(C)n1)C1CC2CCC1C2. The summed E-state index contributed by atoms with van der Waals surface area (Å²) in [5, 5.41) is 8.07. The summed E-state index contributed by atoms with van der Waals surface area (Å²) < 4.78 is 1.87. The molecule has 0 aromatic carbocycles. The van der Waals surface area contributed by atoms with Crippen molar-refractivity contribution >= 4 is 0 Å². The summed E-state index contributed by atoms with van der Waals surface area (Å²) in [5.41, 5.74) is 1.16. The summed E-state index contributed by atoms with van der Waals surface area (Å²) in [7, 11) is 1.98. The molecule has 2 bridgehead atoms. The van der Waals surface area contributed by atoms with E-state index in [0.717, 1.165) is 30.0 Å². The van der Waals surface area contributed by atoms with Crippen molar-refractivity contribution < 1.29 is 0 Å². The van der Waals surface area contributed by atoms with E-state index < -0.39 is 0 Å². The average molecular weight is 233 g/mol. The topological polar surface area (TPSA) is 29.9 Å². The summed E-state index contributed by atoms with van der Waals surface area (Å²) in [6.07, 6.45) is 7.94. The molecule has 3 nitrogen and oxygen atoms in total. The Morgan fingerprint density at radius 3 is 2.94 bits per heavy atom. The van der Waals surface area contributed by atoms with Crippen LogP contribution in [0.5, 0.6) is 0 Å². The van der Waals surface area contributed by atoms with Crippen molar-refractivity contribution in [1.82, 2.24) is 15.1 Å². The van der Waals surface area contributed by atoms with E-state index in [9.17, 15) is 0 Å². The first kappa shape index (κ1) is 11.3. The quantitative estimate of drug-likeness (QED) is 0.865. The predicted octanol–water partition coefficient (Wildman–Crippen LogP) is 2.33. The zero-order valence-corrected chi connectivity index (χ0v) is 10.9. The van der Waals surface area contributed by atoms with E-state index >= 15 is 0 Å². The fourth-order valence-electron chi connectivity index (χ4n) is 3.88. The van der Waals surface area contributed by atoms with E-state index in [0.29, 0.717) is 6.04 Å². The number of hydrogen-bond donors (Lipinski definition) is 1. The minimum Gasteiger partial charge on any atom is -0.308 e. The molecule has 1 aromatic heterocycles. The summed E-state index contributed by atoms with van der Waals surface area (Å²) in [6, 6.07) is 2.74. The van der Waals surface area contributed by atoms with E-state index in [-0.39, 0.29) is 0 Å². The molecule has 94 valence electrons. The zero-order valence-electron chi connectivity index (χ0n) is 10.9. The summed E-state index contributed by atoms with van der Waals surface area (Å²) in [6.45, 7) is 3.27. The predicted molar refractivity (Wildman–Crippen MR) is 68.4 cm³/mol. The Kier molecular flexibility index (Phi) is 2.95. The molecule has 3 heteroatoms. The second kappa shape index (κ2) is 4.45. The van der Waals surface area contributed by atoms with Crippen molar-refractivity contribution in [1.29, 1.82) is 0 Å². The summed E-state index contributed by atoms with van der Waals surface area (Å²) in [4.78, 5) is 0. The van der Waals surface area contributed by atoms with E-state index in [1.54, 1.807) is 0 Å². The Morgan fingerprint density at radius 1 is 1.47 bits per heavy atom. The van der Waals surface area contributed by atoms with Crippen LogP contribution in [0.4, 0.5) is 0 Å². The number of aryl methyl sites for hydroxylation is 1. The Hall–Kier alpha value is -0.830. The molecular weight excluding hydrogens is 210 g/mol. The maximum atomic E-state index is 4.41. The Bertz CT molecular complexity index is 385. The van der Waals surface area contributed by atoms with Crippen LogP contribution in [0.2, 0.25) is 0 Å². The molecule has 0 spiro atoms. The van der Waals surface area contributed by atoms with E-state index in [1.165, 1.54) is 25.7 Å². The fourth-order valence-corrected chi connectivity index (χ4v) is 3.88. The second-order valence-electron chi connectivity index (χ2n) is 5.99. The first-order chi connectivity index (χ1) is 8.22. The molecule has 0 saturated heterocycles. The van der Waals surface area contributed by atoms with Crippen LogP contribution in [0.25, 0.3) is 0 Å². The molecular formula is C14H23N3. The van der Waals surface area contributed by atoms with Crippen LogP contribution in [0.3, 0.4) is 0 Å². The molecule has 17 heavy (non-hydrogen) atoms. The lowest BCUT2D eigenvalue weighted by Gasteiger charge is -2.28. The van der Waals surface area contributed by atoms with Crippen molar-refractivity contribution in [2.24, 2.45) is 24.8 Å². The van der Waals surface area contributed by atoms with Crippen LogP contribution in [-0.2, 0) is 13.6 Å². The van der Waals surface area contributed by atoms with Crippen LogP contribution in [0, 0.1) is 17.8 Å². The van der Waals surface area contributed by atoms with E-state index in [1.807, 2.05) is 17.9 Å². The van der Waals surface area contributed by atoms with E-state index in [4.69, 9.17) is 0 Å². The third kappa shape index (κ3) is 2.25. The van der Waals surface area contributed by atoms with Crippen molar-refractivity contribution in [3.05, 3.63) is 18.0 Å². The highest BCUT2D eigenvalue weighted by Gasteiger charge is 2.41. The van der Waals surface area contributed by atoms with Gasteiger partial charge < -0.3 is 5.32 Å². The highest BCUT2D eigenvalue weighted by atomic mass is 15.3. The number of hydrogen-bond acceptors (Lipinski definition) is 2. The number of aromatic nitrogens is 2. The zero-order chi connectivity index (χ0) is 11.8. The van der Waals surface area contributed by atoms with Gasteiger partial charge in [0.25, 0.3) is 0 Å². The van der Waals surface area contributed by atoms with Crippen LogP contribution < -0.4 is 5.32 Å². The molecule has 0 amide bonds. The maximum Gasteiger partial charge on any atom is 0.0762 e. The van der Waals surface area contributed by atoms with Gasteiger partial charge in [-0.2, -0.15) is 5.10 Å². The maximum absolute atomic E-state index is 4.41. The molecule has 0 aliphatic heterocycles. The molecule has 0 radical (unpaired) electrons. The molecule has 3 rings (SSSR count). The minimum atomic E-state index is 0.646. The lowest BCUT2D eigenvalue weighted by Crippen LogP contribution is -2.35. The van der Waals surface area contributed by atoms with Gasteiger partial charge in [0.05, 0.1) is 5.69 Å². The van der Waals surface area contributed by atoms with Gasteiger partial charge in [-0.15, -0.1) is 0 Å². The van der Waals surface area contributed by atoms with Gasteiger partial charge in [0.2, 0.25) is 0 Å². The lowest BCUT2D eigenvalue weighted by atomic mass is 9.84. The van der Waals surface area contributed by atoms with E-state index in [2.05, 4.69) is 23.4 Å². The third-order valence-electron chi connectivity index (χ3n) is 4.81. The highest BCUT2D eigenvalue weighted by Crippen LogP contribution is 2.49. The van der Waals surface area contributed by atoms with Gasteiger partial charge in [-0.3, -0.25) is 4.68 Å². The number of rotatable bonds is 4. The standard InChI is InChI=1S/C14H23N3/c1-10(14-8-11-3-4-12(14)7-11)15-9-13-5-6-17(2)16-13/h5-6,10-12,14-15H,3-4,7-9H2,1-2H3. The molecule has 2 aliphatic rings. The summed E-state index contributed by atoms with van der Waals surface area (Å²) >= 11 is 0. The van der Waals surface area contributed by atoms with Crippen molar-refractivity contribution in [3.8, 4) is 0 Å². The summed E-state index contributed by atoms with van der Waals surface area (Å²) in [5.74, 6) is 2.97. The fraction of sp³-hybridized carbons (Fsp3) is 0.786. The van der Waals surface area contributed by atoms with Crippen molar-refractivity contribution in [2.75, 3.05) is 0 Å². The van der Waals surface area contributed by atoms with Crippen LogP contribution in [0.1, 0.15) is 38.3 Å². The Labute approximate surface area is 104 Å². The minimum absolute atomic E-state index is 0.646. The molecule has 2 fully saturated rings. The molecule has 1 heterocycles. The monoisotopic (exact) mass is 233 g/mol. The normalized spacial score (nSPS) is 33.2. The number of nitrogens with one attached hydrogen (secondary N) is 1. The van der Waals surface area contributed by atoms with Crippen LogP contribution in [0.15, 0.2) is 12.3 Å². The van der Waals surface area contributed by atoms with Crippen LogP contribution >= 0.6 is 0 Å². The largest absolute Gasteiger partial charge is 0.308 e. The molecule has 1 N–H and O–H groups in total. The lowest BCUT2D eigenvalue weighted by molar-refractivity contribution is 0.259. The molecule has 2 saturated carbocycles. The number of fused-ring (bicyclic) bond motifs is 2. The second-order valence-corrected chi connectivity index (χ2v) is 5.99. The first-order valence-electron chi connectivity index (χ1n) is 6.94. The van der Waals surface area contributed by atoms with Crippen molar-refractivity contribution in [2.45, 2.75) is 45.2 Å². The Morgan fingerprint density at radius 2 is 2.35 bits per heavy atom. The van der Waals surface area contributed by atoms with Gasteiger partial charge >= 0.3 is 0 Å². The molecule has 1 aromatic rings. The third-order valence-corrected chi connectivity index (χ3v) is 4.81. The van der Waals surface area contributed by atoms with Gasteiger partial charge in [0.1, 0.15) is 0 Å². The van der Waals surface area contributed by atoms with Gasteiger partial charge in [0.15, 0.2) is 0 Å². The average Bonchev–Trinajstić information content (AvgIpc) is 3.01. The van der Waals surface area contributed by atoms with Gasteiger partial charge in [-0.1, -0.05) is 6.42 Å².